The lowest BCUT2D eigenvalue weighted by Gasteiger charge is -2.27. The predicted octanol–water partition coefficient (Wildman–Crippen LogP) is 3.71. The third-order valence-electron chi connectivity index (χ3n) is 3.35. The van der Waals surface area contributed by atoms with E-state index >= 15 is 0 Å². The predicted molar refractivity (Wildman–Crippen MR) is 93.5 cm³/mol. The van der Waals surface area contributed by atoms with Crippen molar-refractivity contribution in [1.82, 2.24) is 9.97 Å². The zero-order valence-electron chi connectivity index (χ0n) is 13.6. The second-order valence-electron chi connectivity index (χ2n) is 5.03. The molecule has 0 fully saturated rings. The molecule has 0 saturated carbocycles. The van der Waals surface area contributed by atoms with Crippen LogP contribution in [0.2, 0.25) is 0 Å². The van der Waals surface area contributed by atoms with Crippen molar-refractivity contribution in [3.63, 3.8) is 0 Å². The van der Waals surface area contributed by atoms with Crippen LogP contribution in [0.15, 0.2) is 0 Å². The first-order valence-corrected chi connectivity index (χ1v) is 8.53. The van der Waals surface area contributed by atoms with E-state index in [0.29, 0.717) is 13.2 Å². The number of hydrogen-bond donors (Lipinski definition) is 1. The third kappa shape index (κ3) is 4.75. The quantitative estimate of drug-likeness (QED) is 0.633. The van der Waals surface area contributed by atoms with E-state index in [-0.39, 0.29) is 0 Å². The van der Waals surface area contributed by atoms with Crippen LogP contribution in [0.1, 0.15) is 52.1 Å². The second-order valence-corrected chi connectivity index (χ2v) is 6.11. The van der Waals surface area contributed by atoms with E-state index in [1.807, 2.05) is 13.8 Å². The summed E-state index contributed by atoms with van der Waals surface area (Å²) >= 11 is 2.27. The zero-order chi connectivity index (χ0) is 15.9. The van der Waals surface area contributed by atoms with Crippen LogP contribution >= 0.6 is 22.6 Å². The van der Waals surface area contributed by atoms with Crippen LogP contribution in [0.5, 0.6) is 0 Å². The molecule has 0 aliphatic rings. The molecule has 0 saturated heterocycles. The number of hydrogen-bond acceptors (Lipinski definition) is 5. The lowest BCUT2D eigenvalue weighted by molar-refractivity contribution is -0.0393. The van der Waals surface area contributed by atoms with E-state index < -0.39 is 5.60 Å². The fourth-order valence-corrected chi connectivity index (χ4v) is 2.55. The largest absolute Gasteiger partial charge is 0.378 e. The van der Waals surface area contributed by atoms with E-state index in [4.69, 9.17) is 14.5 Å². The van der Waals surface area contributed by atoms with Gasteiger partial charge in [-0.2, -0.15) is 0 Å². The molecule has 1 rings (SSSR count). The Morgan fingerprint density at radius 3 is 2.48 bits per heavy atom. The van der Waals surface area contributed by atoms with E-state index in [0.717, 1.165) is 40.3 Å². The molecule has 0 radical (unpaired) electrons. The first-order valence-electron chi connectivity index (χ1n) is 7.46. The van der Waals surface area contributed by atoms with E-state index in [1.54, 1.807) is 7.11 Å². The van der Waals surface area contributed by atoms with Gasteiger partial charge in [-0.05, 0) is 49.3 Å². The molecule has 0 amide bonds. The van der Waals surface area contributed by atoms with Gasteiger partial charge in [0, 0.05) is 20.3 Å². The van der Waals surface area contributed by atoms with Crippen LogP contribution in [-0.4, -0.2) is 30.2 Å². The topological polar surface area (TPSA) is 56.3 Å². The average Bonchev–Trinajstić information content (AvgIpc) is 2.48. The molecule has 6 heteroatoms. The number of halogens is 1. The van der Waals surface area contributed by atoms with E-state index in [2.05, 4.69) is 46.7 Å². The molecule has 1 N–H and O–H groups in total. The third-order valence-corrected chi connectivity index (χ3v) is 4.49. The van der Waals surface area contributed by atoms with Crippen molar-refractivity contribution in [3.05, 3.63) is 15.1 Å². The summed E-state index contributed by atoms with van der Waals surface area (Å²) in [6.45, 7) is 10.3. The second kappa shape index (κ2) is 8.85. The van der Waals surface area contributed by atoms with Crippen molar-refractivity contribution >= 4 is 28.4 Å². The van der Waals surface area contributed by atoms with Crippen LogP contribution < -0.4 is 5.32 Å². The average molecular weight is 407 g/mol. The van der Waals surface area contributed by atoms with Crippen molar-refractivity contribution in [2.75, 3.05) is 25.6 Å². The molecule has 0 aliphatic carbocycles. The summed E-state index contributed by atoms with van der Waals surface area (Å²) in [6.07, 6.45) is 1.87. The van der Waals surface area contributed by atoms with Gasteiger partial charge >= 0.3 is 0 Å². The Balaban J connectivity index is 3.27. The maximum Gasteiger partial charge on any atom is 0.162 e. The Morgan fingerprint density at radius 2 is 1.95 bits per heavy atom. The fourth-order valence-electron chi connectivity index (χ4n) is 1.97. The van der Waals surface area contributed by atoms with Crippen molar-refractivity contribution in [1.29, 1.82) is 0 Å². The van der Waals surface area contributed by atoms with Crippen molar-refractivity contribution < 1.29 is 9.47 Å². The van der Waals surface area contributed by atoms with Gasteiger partial charge in [0.1, 0.15) is 11.4 Å². The lowest BCUT2D eigenvalue weighted by Crippen LogP contribution is -2.29. The molecule has 1 heterocycles. The Morgan fingerprint density at radius 1 is 1.24 bits per heavy atom. The van der Waals surface area contributed by atoms with Gasteiger partial charge in [-0.3, -0.25) is 0 Å². The van der Waals surface area contributed by atoms with Gasteiger partial charge < -0.3 is 14.8 Å². The minimum atomic E-state index is -0.468. The van der Waals surface area contributed by atoms with Gasteiger partial charge in [0.05, 0.1) is 15.9 Å². The zero-order valence-corrected chi connectivity index (χ0v) is 15.8. The highest BCUT2D eigenvalue weighted by molar-refractivity contribution is 14.1. The maximum absolute atomic E-state index is 5.90. The molecule has 5 nitrogen and oxygen atoms in total. The molecule has 0 spiro atoms. The number of methoxy groups -OCH3 is 1. The number of rotatable bonds is 9. The molecular formula is C15H26IN3O2. The Kier molecular flexibility index (Phi) is 7.83. The van der Waals surface area contributed by atoms with Crippen LogP contribution in [0, 0.1) is 3.57 Å². The smallest absolute Gasteiger partial charge is 0.162 e. The van der Waals surface area contributed by atoms with Crippen LogP contribution in [0.4, 0.5) is 5.82 Å². The molecule has 1 aromatic heterocycles. The summed E-state index contributed by atoms with van der Waals surface area (Å²) in [6, 6.07) is 0. The summed E-state index contributed by atoms with van der Waals surface area (Å²) in [5.41, 5.74) is 0.436. The van der Waals surface area contributed by atoms with Gasteiger partial charge in [-0.15, -0.1) is 0 Å². The number of nitrogens with zero attached hydrogens (tertiary/aromatic N) is 2. The normalized spacial score (nSPS) is 14.0. The maximum atomic E-state index is 5.90. The summed E-state index contributed by atoms with van der Waals surface area (Å²) in [4.78, 5) is 9.39. The summed E-state index contributed by atoms with van der Waals surface area (Å²) < 4.78 is 12.2. The van der Waals surface area contributed by atoms with Gasteiger partial charge in [-0.25, -0.2) is 9.97 Å². The van der Waals surface area contributed by atoms with Crippen molar-refractivity contribution in [3.8, 4) is 0 Å². The molecular weight excluding hydrogens is 381 g/mol. The monoisotopic (exact) mass is 407 g/mol. The van der Waals surface area contributed by atoms with Gasteiger partial charge in [0.15, 0.2) is 5.82 Å². The molecule has 0 aliphatic heterocycles. The first kappa shape index (κ1) is 18.6. The first-order chi connectivity index (χ1) is 10.0. The summed E-state index contributed by atoms with van der Waals surface area (Å²) in [5, 5.41) is 3.37. The Bertz CT molecular complexity index is 457. The van der Waals surface area contributed by atoms with Crippen LogP contribution in [-0.2, 0) is 21.7 Å². The SMILES string of the molecule is CCCNc1nc(C(C)(CC)OCC)nc(COC)c1I. The van der Waals surface area contributed by atoms with E-state index in [1.165, 1.54) is 0 Å². The Labute approximate surface area is 141 Å². The highest BCUT2D eigenvalue weighted by Crippen LogP contribution is 2.30. The summed E-state index contributed by atoms with van der Waals surface area (Å²) in [7, 11) is 1.68. The van der Waals surface area contributed by atoms with Gasteiger partial charge in [0.2, 0.25) is 0 Å². The highest BCUT2D eigenvalue weighted by Gasteiger charge is 2.30. The van der Waals surface area contributed by atoms with Gasteiger partial charge in [0.25, 0.3) is 0 Å². The standard InChI is InChI=1S/C15H26IN3O2/c1-6-9-17-13-12(16)11(10-20-5)18-14(19-13)15(4,7-2)21-8-3/h6-10H2,1-5H3,(H,17,18,19). The van der Waals surface area contributed by atoms with Crippen molar-refractivity contribution in [2.45, 2.75) is 52.7 Å². The highest BCUT2D eigenvalue weighted by atomic mass is 127. The molecule has 1 atom stereocenters. The molecule has 0 bridgehead atoms. The van der Waals surface area contributed by atoms with Crippen LogP contribution in [0.25, 0.3) is 0 Å². The molecule has 0 aromatic carbocycles. The van der Waals surface area contributed by atoms with Gasteiger partial charge in [-0.1, -0.05) is 13.8 Å². The molecule has 1 aromatic rings. The molecule has 21 heavy (non-hydrogen) atoms. The van der Waals surface area contributed by atoms with Crippen molar-refractivity contribution in [2.24, 2.45) is 0 Å². The fraction of sp³-hybridized carbons (Fsp3) is 0.733. The number of nitrogens with one attached hydrogen (secondary N) is 1. The minimum absolute atomic E-state index is 0.468. The van der Waals surface area contributed by atoms with E-state index in [9.17, 15) is 0 Å². The molecule has 1 unspecified atom stereocenters. The number of anilines is 1. The number of ether oxygens (including phenoxy) is 2. The lowest BCUT2D eigenvalue weighted by atomic mass is 10.0. The number of aromatic nitrogens is 2. The molecule has 120 valence electrons. The van der Waals surface area contributed by atoms with Crippen LogP contribution in [0.3, 0.4) is 0 Å². The minimum Gasteiger partial charge on any atom is -0.378 e. The summed E-state index contributed by atoms with van der Waals surface area (Å²) in [5.74, 6) is 1.59. The Hall–Kier alpha value is -0.470.